The third kappa shape index (κ3) is 3.95. The molecule has 0 aliphatic heterocycles. The molecule has 0 unspecified atom stereocenters. The highest BCUT2D eigenvalue weighted by Crippen LogP contribution is 2.35. The van der Waals surface area contributed by atoms with E-state index in [4.69, 9.17) is 11.6 Å². The van der Waals surface area contributed by atoms with E-state index in [9.17, 15) is 18.0 Å². The van der Waals surface area contributed by atoms with Crippen molar-refractivity contribution in [1.82, 2.24) is 4.98 Å². The zero-order valence-electron chi connectivity index (χ0n) is 10.2. The fourth-order valence-corrected chi connectivity index (χ4v) is 2.19. The van der Waals surface area contributed by atoms with Gasteiger partial charge in [-0.15, -0.1) is 0 Å². The molecular formula is C13H7BrClF3N2O. The molecule has 0 saturated heterocycles. The van der Waals surface area contributed by atoms with Crippen LogP contribution >= 0.6 is 27.5 Å². The van der Waals surface area contributed by atoms with Crippen LogP contribution in [0, 0.1) is 0 Å². The van der Waals surface area contributed by atoms with Gasteiger partial charge in [-0.1, -0.05) is 33.6 Å². The van der Waals surface area contributed by atoms with Gasteiger partial charge >= 0.3 is 6.18 Å². The van der Waals surface area contributed by atoms with Gasteiger partial charge in [-0.05, 0) is 30.3 Å². The fourth-order valence-electron chi connectivity index (χ4n) is 1.55. The zero-order chi connectivity index (χ0) is 15.6. The number of alkyl halides is 3. The van der Waals surface area contributed by atoms with E-state index in [-0.39, 0.29) is 21.0 Å². The van der Waals surface area contributed by atoms with Crippen LogP contribution < -0.4 is 5.32 Å². The second kappa shape index (κ2) is 6.03. The molecule has 110 valence electrons. The first-order valence-corrected chi connectivity index (χ1v) is 6.75. The largest absolute Gasteiger partial charge is 0.417 e. The summed E-state index contributed by atoms with van der Waals surface area (Å²) in [6, 6.07) is 7.77. The van der Waals surface area contributed by atoms with E-state index in [0.29, 0.717) is 0 Å². The van der Waals surface area contributed by atoms with Gasteiger partial charge in [0.05, 0.1) is 5.56 Å². The third-order valence-corrected chi connectivity index (χ3v) is 3.39. The Morgan fingerprint density at radius 1 is 1.24 bits per heavy atom. The summed E-state index contributed by atoms with van der Waals surface area (Å²) < 4.78 is 38.2. The van der Waals surface area contributed by atoms with E-state index in [1.807, 2.05) is 0 Å². The maximum Gasteiger partial charge on any atom is 0.417 e. The van der Waals surface area contributed by atoms with Crippen molar-refractivity contribution in [1.29, 1.82) is 0 Å². The van der Waals surface area contributed by atoms with E-state index in [0.717, 1.165) is 6.07 Å². The Balaban J connectivity index is 2.28. The van der Waals surface area contributed by atoms with Gasteiger partial charge in [0.1, 0.15) is 11.0 Å². The van der Waals surface area contributed by atoms with Crippen molar-refractivity contribution < 1.29 is 18.0 Å². The molecule has 0 fully saturated rings. The number of carbonyl (C=O) groups excluding carboxylic acids is 1. The Bertz CT molecular complexity index is 691. The average Bonchev–Trinajstić information content (AvgIpc) is 2.37. The first-order chi connectivity index (χ1) is 9.77. The first kappa shape index (κ1) is 15.8. The normalized spacial score (nSPS) is 11.3. The maximum absolute atomic E-state index is 12.8. The van der Waals surface area contributed by atoms with Gasteiger partial charge in [-0.2, -0.15) is 13.2 Å². The number of benzene rings is 1. The molecule has 0 bridgehead atoms. The summed E-state index contributed by atoms with van der Waals surface area (Å²) in [4.78, 5) is 15.8. The van der Waals surface area contributed by atoms with E-state index in [2.05, 4.69) is 26.2 Å². The number of carbonyl (C=O) groups is 1. The molecule has 1 heterocycles. The van der Waals surface area contributed by atoms with Crippen LogP contribution in [-0.2, 0) is 6.18 Å². The minimum Gasteiger partial charge on any atom is -0.307 e. The van der Waals surface area contributed by atoms with Crippen molar-refractivity contribution in [2.45, 2.75) is 6.18 Å². The van der Waals surface area contributed by atoms with Crippen LogP contribution in [0.2, 0.25) is 5.15 Å². The minimum atomic E-state index is -4.55. The molecule has 0 saturated carbocycles. The van der Waals surface area contributed by atoms with Gasteiger partial charge in [-0.3, -0.25) is 4.79 Å². The Hall–Kier alpha value is -1.60. The van der Waals surface area contributed by atoms with E-state index in [1.165, 1.54) is 24.3 Å². The molecule has 21 heavy (non-hydrogen) atoms. The van der Waals surface area contributed by atoms with Crippen molar-refractivity contribution in [3.05, 3.63) is 57.2 Å². The minimum absolute atomic E-state index is 0.132. The van der Waals surface area contributed by atoms with Gasteiger partial charge in [0.25, 0.3) is 5.91 Å². The lowest BCUT2D eigenvalue weighted by molar-refractivity contribution is -0.138. The number of nitrogens with one attached hydrogen (secondary N) is 1. The zero-order valence-corrected chi connectivity index (χ0v) is 12.6. The lowest BCUT2D eigenvalue weighted by atomic mass is 10.1. The predicted molar refractivity (Wildman–Crippen MR) is 76.3 cm³/mol. The smallest absolute Gasteiger partial charge is 0.307 e. The van der Waals surface area contributed by atoms with Crippen LogP contribution in [0.15, 0.2) is 40.9 Å². The van der Waals surface area contributed by atoms with Crippen molar-refractivity contribution in [2.75, 3.05) is 5.32 Å². The second-order valence-corrected chi connectivity index (χ2v) is 5.23. The molecule has 0 atom stereocenters. The maximum atomic E-state index is 12.8. The molecular weight excluding hydrogens is 373 g/mol. The summed E-state index contributed by atoms with van der Waals surface area (Å²) in [5.41, 5.74) is -1.05. The van der Waals surface area contributed by atoms with Crippen LogP contribution in [0.1, 0.15) is 15.9 Å². The number of pyridine rings is 1. The summed E-state index contributed by atoms with van der Waals surface area (Å²) in [5, 5.41) is 2.55. The molecule has 2 aromatic rings. The van der Waals surface area contributed by atoms with E-state index < -0.39 is 17.6 Å². The Kier molecular flexibility index (Phi) is 4.53. The Morgan fingerprint density at radius 2 is 1.95 bits per heavy atom. The van der Waals surface area contributed by atoms with E-state index in [1.54, 1.807) is 6.07 Å². The summed E-state index contributed by atoms with van der Waals surface area (Å²) in [7, 11) is 0. The topological polar surface area (TPSA) is 42.0 Å². The number of anilines is 1. The molecule has 1 amide bonds. The predicted octanol–water partition coefficient (Wildman–Crippen LogP) is 4.77. The van der Waals surface area contributed by atoms with Gasteiger partial charge in [0, 0.05) is 10.0 Å². The molecule has 1 aromatic carbocycles. The summed E-state index contributed by atoms with van der Waals surface area (Å²) >= 11 is 8.47. The number of amides is 1. The molecule has 0 aliphatic rings. The van der Waals surface area contributed by atoms with Crippen molar-refractivity contribution in [3.63, 3.8) is 0 Å². The monoisotopic (exact) mass is 378 g/mol. The molecule has 8 heteroatoms. The molecule has 3 nitrogen and oxygen atoms in total. The summed E-state index contributed by atoms with van der Waals surface area (Å²) in [5.74, 6) is -0.549. The Morgan fingerprint density at radius 3 is 2.57 bits per heavy atom. The number of halogens is 5. The first-order valence-electron chi connectivity index (χ1n) is 5.58. The lowest BCUT2D eigenvalue weighted by Gasteiger charge is -2.11. The highest BCUT2D eigenvalue weighted by Gasteiger charge is 2.33. The number of hydrogen-bond donors (Lipinski definition) is 1. The summed E-state index contributed by atoms with van der Waals surface area (Å²) in [6.07, 6.45) is -4.55. The average molecular weight is 380 g/mol. The van der Waals surface area contributed by atoms with Gasteiger partial charge in [0.15, 0.2) is 0 Å². The molecule has 2 rings (SSSR count). The number of nitrogens with zero attached hydrogens (tertiary/aromatic N) is 1. The third-order valence-electron chi connectivity index (χ3n) is 2.49. The number of hydrogen-bond acceptors (Lipinski definition) is 2. The van der Waals surface area contributed by atoms with Crippen LogP contribution in [0.3, 0.4) is 0 Å². The van der Waals surface area contributed by atoms with Crippen LogP contribution in [0.4, 0.5) is 19.0 Å². The van der Waals surface area contributed by atoms with Crippen molar-refractivity contribution in [2.24, 2.45) is 0 Å². The van der Waals surface area contributed by atoms with Crippen LogP contribution in [-0.4, -0.2) is 10.9 Å². The number of aromatic nitrogens is 1. The van der Waals surface area contributed by atoms with Gasteiger partial charge < -0.3 is 5.32 Å². The SMILES string of the molecule is O=C(Nc1cccc(Cl)n1)c1ccc(Br)c(C(F)(F)F)c1. The highest BCUT2D eigenvalue weighted by molar-refractivity contribution is 9.10. The van der Waals surface area contributed by atoms with Crippen LogP contribution in [0.25, 0.3) is 0 Å². The van der Waals surface area contributed by atoms with Crippen LogP contribution in [0.5, 0.6) is 0 Å². The van der Waals surface area contributed by atoms with Crippen molar-refractivity contribution >= 4 is 39.3 Å². The number of rotatable bonds is 2. The molecule has 0 radical (unpaired) electrons. The highest BCUT2D eigenvalue weighted by atomic mass is 79.9. The quantitative estimate of drug-likeness (QED) is 0.764. The van der Waals surface area contributed by atoms with Gasteiger partial charge in [0.2, 0.25) is 0 Å². The lowest BCUT2D eigenvalue weighted by Crippen LogP contribution is -2.15. The molecule has 1 N–H and O–H groups in total. The fraction of sp³-hybridized carbons (Fsp3) is 0.0769. The Labute approximate surface area is 131 Å². The standard InChI is InChI=1S/C13H7BrClF3N2O/c14-9-5-4-7(6-8(9)13(16,17)18)12(21)20-11-3-1-2-10(15)19-11/h1-6H,(H,19,20,21). The molecule has 0 aliphatic carbocycles. The van der Waals surface area contributed by atoms with Gasteiger partial charge in [-0.25, -0.2) is 4.98 Å². The molecule has 0 spiro atoms. The van der Waals surface area contributed by atoms with Crippen molar-refractivity contribution in [3.8, 4) is 0 Å². The molecule has 1 aromatic heterocycles. The van der Waals surface area contributed by atoms with E-state index >= 15 is 0 Å². The second-order valence-electron chi connectivity index (χ2n) is 3.99. The summed E-state index contributed by atoms with van der Waals surface area (Å²) in [6.45, 7) is 0.